The van der Waals surface area contributed by atoms with Crippen molar-refractivity contribution in [3.05, 3.63) is 82.3 Å². The van der Waals surface area contributed by atoms with Crippen LogP contribution in [0.3, 0.4) is 0 Å². The molecule has 0 saturated carbocycles. The largest absolute Gasteiger partial charge is 0.322 e. The summed E-state index contributed by atoms with van der Waals surface area (Å²) in [6.07, 6.45) is 0. The van der Waals surface area contributed by atoms with Crippen molar-refractivity contribution < 1.29 is 21.6 Å². The third-order valence-electron chi connectivity index (χ3n) is 5.81. The normalized spacial score (nSPS) is 15.3. The molecule has 3 aromatic rings. The number of likely N-dealkylation sites (N-methyl/N-ethyl adjacent to an activating group) is 1. The third-order valence-corrected chi connectivity index (χ3v) is 9.59. The van der Waals surface area contributed by atoms with Crippen molar-refractivity contribution in [2.75, 3.05) is 43.3 Å². The summed E-state index contributed by atoms with van der Waals surface area (Å²) in [5, 5.41) is 3.27. The van der Waals surface area contributed by atoms with Crippen LogP contribution in [0.25, 0.3) is 0 Å². The maximum absolute atomic E-state index is 13.1. The fourth-order valence-electron chi connectivity index (χ4n) is 3.70. The van der Waals surface area contributed by atoms with Crippen LogP contribution in [0, 0.1) is 0 Å². The monoisotopic (exact) mass is 582 g/mol. The molecule has 37 heavy (non-hydrogen) atoms. The summed E-state index contributed by atoms with van der Waals surface area (Å²) in [5.41, 5.74) is 0.332. The van der Waals surface area contributed by atoms with Gasteiger partial charge in [-0.05, 0) is 73.8 Å². The third kappa shape index (κ3) is 6.43. The van der Waals surface area contributed by atoms with Crippen LogP contribution >= 0.6 is 23.2 Å². The van der Waals surface area contributed by atoms with Crippen molar-refractivity contribution in [3.63, 3.8) is 0 Å². The Labute approximate surface area is 226 Å². The molecule has 0 bridgehead atoms. The van der Waals surface area contributed by atoms with Crippen molar-refractivity contribution in [1.82, 2.24) is 9.21 Å². The zero-order valence-corrected chi connectivity index (χ0v) is 22.8. The number of sulfonamides is 2. The minimum atomic E-state index is -4.01. The molecule has 3 aromatic carbocycles. The van der Waals surface area contributed by atoms with Gasteiger partial charge in [0, 0.05) is 41.9 Å². The van der Waals surface area contributed by atoms with Gasteiger partial charge in [-0.1, -0.05) is 23.2 Å². The minimum absolute atomic E-state index is 0.0147. The summed E-state index contributed by atoms with van der Waals surface area (Å²) in [5.74, 6) is -0.633. The first kappa shape index (κ1) is 27.4. The Morgan fingerprint density at radius 1 is 0.784 bits per heavy atom. The van der Waals surface area contributed by atoms with Gasteiger partial charge in [0.25, 0.3) is 15.9 Å². The smallest absolute Gasteiger partial charge is 0.261 e. The fourth-order valence-corrected chi connectivity index (χ4v) is 6.50. The Morgan fingerprint density at radius 3 is 1.97 bits per heavy atom. The SMILES string of the molecule is CN1CCN(S(=O)(=O)c2ccc(NC(=O)c3cc(Cl)ccc3NS(=O)(=O)c3ccc(Cl)cc3)cc2)CC1. The van der Waals surface area contributed by atoms with Gasteiger partial charge in [-0.15, -0.1) is 0 Å². The van der Waals surface area contributed by atoms with E-state index in [0.717, 1.165) is 0 Å². The van der Waals surface area contributed by atoms with Crippen LogP contribution in [-0.2, 0) is 20.0 Å². The molecule has 0 spiro atoms. The lowest BCUT2D eigenvalue weighted by molar-refractivity contribution is 0.102. The molecule has 4 rings (SSSR count). The standard InChI is InChI=1S/C24H24Cl2N4O5S2/c1-29-12-14-30(15-13-29)37(34,35)21-9-5-19(6-10-21)27-24(31)22-16-18(26)4-11-23(22)28-36(32,33)20-7-2-17(25)3-8-20/h2-11,16,28H,12-15H2,1H3,(H,27,31). The van der Waals surface area contributed by atoms with Crippen LogP contribution in [0.4, 0.5) is 11.4 Å². The summed E-state index contributed by atoms with van der Waals surface area (Å²) in [6.45, 7) is 2.11. The summed E-state index contributed by atoms with van der Waals surface area (Å²) < 4.78 is 55.4. The molecule has 9 nitrogen and oxygen atoms in total. The number of hydrogen-bond donors (Lipinski definition) is 2. The second kappa shape index (κ2) is 11.0. The highest BCUT2D eigenvalue weighted by atomic mass is 35.5. The van der Waals surface area contributed by atoms with Crippen molar-refractivity contribution in [2.24, 2.45) is 0 Å². The molecule has 2 N–H and O–H groups in total. The predicted molar refractivity (Wildman–Crippen MR) is 144 cm³/mol. The van der Waals surface area contributed by atoms with Gasteiger partial charge < -0.3 is 10.2 Å². The lowest BCUT2D eigenvalue weighted by Gasteiger charge is -2.31. The van der Waals surface area contributed by atoms with E-state index in [9.17, 15) is 21.6 Å². The maximum Gasteiger partial charge on any atom is 0.261 e. The van der Waals surface area contributed by atoms with E-state index in [0.29, 0.717) is 36.9 Å². The number of carbonyl (C=O) groups is 1. The molecule has 1 heterocycles. The maximum atomic E-state index is 13.1. The molecule has 1 aliphatic heterocycles. The topological polar surface area (TPSA) is 116 Å². The molecule has 1 aliphatic rings. The number of halogens is 2. The molecular formula is C24H24Cl2N4O5S2. The summed E-state index contributed by atoms with van der Waals surface area (Å²) in [4.78, 5) is 15.2. The van der Waals surface area contributed by atoms with Gasteiger partial charge in [0.05, 0.1) is 21.0 Å². The van der Waals surface area contributed by atoms with Crippen LogP contribution < -0.4 is 10.0 Å². The Hall–Kier alpha value is -2.67. The quantitative estimate of drug-likeness (QED) is 0.435. The molecule has 196 valence electrons. The molecule has 1 fully saturated rings. The lowest BCUT2D eigenvalue weighted by atomic mass is 10.1. The van der Waals surface area contributed by atoms with Crippen molar-refractivity contribution in [3.8, 4) is 0 Å². The Bertz CT molecular complexity index is 1510. The summed E-state index contributed by atoms with van der Waals surface area (Å²) >= 11 is 11.9. The van der Waals surface area contributed by atoms with E-state index >= 15 is 0 Å². The molecule has 1 saturated heterocycles. The average Bonchev–Trinajstić information content (AvgIpc) is 2.86. The Balaban J connectivity index is 1.52. The molecule has 13 heteroatoms. The van der Waals surface area contributed by atoms with Gasteiger partial charge in [0.1, 0.15) is 0 Å². The highest BCUT2D eigenvalue weighted by Crippen LogP contribution is 2.26. The lowest BCUT2D eigenvalue weighted by Crippen LogP contribution is -2.46. The number of hydrogen-bond acceptors (Lipinski definition) is 6. The number of piperazine rings is 1. The molecular weight excluding hydrogens is 559 g/mol. The van der Waals surface area contributed by atoms with Gasteiger partial charge in [-0.25, -0.2) is 16.8 Å². The molecule has 0 atom stereocenters. The summed E-state index contributed by atoms with van der Waals surface area (Å²) in [6, 6.07) is 15.5. The minimum Gasteiger partial charge on any atom is -0.322 e. The summed E-state index contributed by atoms with van der Waals surface area (Å²) in [7, 11) is -5.73. The second-order valence-corrected chi connectivity index (χ2v) is 12.9. The van der Waals surface area contributed by atoms with Crippen molar-refractivity contribution in [1.29, 1.82) is 0 Å². The fraction of sp³-hybridized carbons (Fsp3) is 0.208. The van der Waals surface area contributed by atoms with Crippen LogP contribution in [0.15, 0.2) is 76.5 Å². The van der Waals surface area contributed by atoms with Crippen LogP contribution in [0.1, 0.15) is 10.4 Å². The number of rotatable bonds is 7. The van der Waals surface area contributed by atoms with Gasteiger partial charge in [0.2, 0.25) is 10.0 Å². The van der Waals surface area contributed by atoms with E-state index in [1.54, 1.807) is 0 Å². The van der Waals surface area contributed by atoms with Crippen LogP contribution in [-0.4, -0.2) is 65.2 Å². The van der Waals surface area contributed by atoms with Gasteiger partial charge in [-0.2, -0.15) is 4.31 Å². The molecule has 0 unspecified atom stereocenters. The van der Waals surface area contributed by atoms with E-state index < -0.39 is 26.0 Å². The molecule has 0 radical (unpaired) electrons. The van der Waals surface area contributed by atoms with Gasteiger partial charge >= 0.3 is 0 Å². The van der Waals surface area contributed by atoms with Crippen molar-refractivity contribution in [2.45, 2.75) is 9.79 Å². The molecule has 1 amide bonds. The zero-order chi connectivity index (χ0) is 26.8. The van der Waals surface area contributed by atoms with Crippen molar-refractivity contribution >= 4 is 60.5 Å². The number of nitrogens with one attached hydrogen (secondary N) is 2. The number of benzene rings is 3. The van der Waals surface area contributed by atoms with E-state index in [1.807, 2.05) is 7.05 Å². The van der Waals surface area contributed by atoms with E-state index in [-0.39, 0.29) is 26.1 Å². The van der Waals surface area contributed by atoms with E-state index in [4.69, 9.17) is 23.2 Å². The predicted octanol–water partition coefficient (Wildman–Crippen LogP) is 3.98. The van der Waals surface area contributed by atoms with Gasteiger partial charge in [0.15, 0.2) is 0 Å². The zero-order valence-electron chi connectivity index (χ0n) is 19.7. The first-order valence-electron chi connectivity index (χ1n) is 11.1. The number of anilines is 2. The molecule has 0 aliphatic carbocycles. The second-order valence-electron chi connectivity index (χ2n) is 8.44. The number of amides is 1. The number of nitrogens with zero attached hydrogens (tertiary/aromatic N) is 2. The van der Waals surface area contributed by atoms with E-state index in [1.165, 1.54) is 71.0 Å². The first-order chi connectivity index (χ1) is 17.5. The van der Waals surface area contributed by atoms with Gasteiger partial charge in [-0.3, -0.25) is 9.52 Å². The number of carbonyl (C=O) groups excluding carboxylic acids is 1. The Morgan fingerprint density at radius 2 is 1.35 bits per heavy atom. The average molecular weight is 584 g/mol. The first-order valence-corrected chi connectivity index (χ1v) is 14.8. The highest BCUT2D eigenvalue weighted by Gasteiger charge is 2.27. The highest BCUT2D eigenvalue weighted by molar-refractivity contribution is 7.92. The van der Waals surface area contributed by atoms with E-state index in [2.05, 4.69) is 14.9 Å². The Kier molecular flexibility index (Phi) is 8.12. The van der Waals surface area contributed by atoms with Crippen LogP contribution in [0.2, 0.25) is 10.0 Å². The molecule has 0 aromatic heterocycles. The van der Waals surface area contributed by atoms with Crippen LogP contribution in [0.5, 0.6) is 0 Å².